The number of ether oxygens (including phenoxy) is 1. The van der Waals surface area contributed by atoms with Crippen molar-refractivity contribution in [2.24, 2.45) is 5.92 Å². The van der Waals surface area contributed by atoms with Crippen LogP contribution in [0.25, 0.3) is 11.2 Å². The SMILES string of the molecule is COc1ccc2nc(CCl)n(CC(C)CSC)c2n1. The van der Waals surface area contributed by atoms with Crippen LogP contribution < -0.4 is 4.74 Å². The molecule has 0 amide bonds. The van der Waals surface area contributed by atoms with E-state index in [1.165, 1.54) is 0 Å². The molecule has 0 radical (unpaired) electrons. The highest BCUT2D eigenvalue weighted by atomic mass is 35.5. The zero-order valence-corrected chi connectivity index (χ0v) is 13.0. The third-order valence-electron chi connectivity index (χ3n) is 2.92. The van der Waals surface area contributed by atoms with E-state index >= 15 is 0 Å². The second-order valence-corrected chi connectivity index (χ2v) is 5.71. The van der Waals surface area contributed by atoms with Gasteiger partial charge in [-0.2, -0.15) is 16.7 Å². The molecule has 0 aliphatic rings. The van der Waals surface area contributed by atoms with Crippen molar-refractivity contribution in [3.8, 4) is 5.88 Å². The summed E-state index contributed by atoms with van der Waals surface area (Å²) in [6.07, 6.45) is 2.12. The normalized spacial score (nSPS) is 12.8. The highest BCUT2D eigenvalue weighted by Gasteiger charge is 2.14. The number of nitrogens with zero attached hydrogens (tertiary/aromatic N) is 3. The molecule has 0 bridgehead atoms. The van der Waals surface area contributed by atoms with Crippen LogP contribution in [-0.2, 0) is 12.4 Å². The summed E-state index contributed by atoms with van der Waals surface area (Å²) in [6, 6.07) is 3.75. The average molecular weight is 300 g/mol. The summed E-state index contributed by atoms with van der Waals surface area (Å²) in [6.45, 7) is 3.10. The molecule has 19 heavy (non-hydrogen) atoms. The maximum absolute atomic E-state index is 5.99. The predicted molar refractivity (Wildman–Crippen MR) is 81.2 cm³/mol. The highest BCUT2D eigenvalue weighted by molar-refractivity contribution is 7.98. The molecular weight excluding hydrogens is 282 g/mol. The standard InChI is InChI=1S/C13H18ClN3OS/c1-9(8-19-3)7-17-11(6-14)15-10-4-5-12(18-2)16-13(10)17/h4-5,9H,6-8H2,1-3H3. The Morgan fingerprint density at radius 2 is 2.21 bits per heavy atom. The molecule has 0 fully saturated rings. The number of pyridine rings is 1. The lowest BCUT2D eigenvalue weighted by molar-refractivity contribution is 0.398. The van der Waals surface area contributed by atoms with Crippen LogP contribution in [0.4, 0.5) is 0 Å². The van der Waals surface area contributed by atoms with E-state index in [-0.39, 0.29) is 0 Å². The maximum atomic E-state index is 5.99. The third-order valence-corrected chi connectivity index (χ3v) is 4.06. The van der Waals surface area contributed by atoms with Gasteiger partial charge in [0, 0.05) is 12.6 Å². The number of rotatable bonds is 6. The molecule has 2 rings (SSSR count). The number of alkyl halides is 1. The van der Waals surface area contributed by atoms with Gasteiger partial charge >= 0.3 is 0 Å². The molecule has 0 aromatic carbocycles. The molecule has 1 unspecified atom stereocenters. The van der Waals surface area contributed by atoms with E-state index < -0.39 is 0 Å². The fourth-order valence-corrected chi connectivity index (χ4v) is 2.97. The molecule has 0 saturated heterocycles. The van der Waals surface area contributed by atoms with Crippen LogP contribution in [0.3, 0.4) is 0 Å². The largest absolute Gasteiger partial charge is 0.481 e. The number of methoxy groups -OCH3 is 1. The van der Waals surface area contributed by atoms with E-state index in [0.29, 0.717) is 17.7 Å². The zero-order chi connectivity index (χ0) is 13.8. The van der Waals surface area contributed by atoms with E-state index in [1.54, 1.807) is 7.11 Å². The molecule has 0 aliphatic carbocycles. The van der Waals surface area contributed by atoms with Crippen LogP contribution in [0.5, 0.6) is 5.88 Å². The first-order chi connectivity index (χ1) is 9.19. The third kappa shape index (κ3) is 3.15. The van der Waals surface area contributed by atoms with Gasteiger partial charge < -0.3 is 9.30 Å². The topological polar surface area (TPSA) is 39.9 Å². The van der Waals surface area contributed by atoms with Gasteiger partial charge in [0.15, 0.2) is 5.65 Å². The molecule has 0 N–H and O–H groups in total. The molecule has 104 valence electrons. The highest BCUT2D eigenvalue weighted by Crippen LogP contribution is 2.21. The van der Waals surface area contributed by atoms with Crippen molar-refractivity contribution < 1.29 is 4.74 Å². The molecule has 1 atom stereocenters. The van der Waals surface area contributed by atoms with Gasteiger partial charge in [0.2, 0.25) is 5.88 Å². The lowest BCUT2D eigenvalue weighted by Gasteiger charge is -2.13. The van der Waals surface area contributed by atoms with Crippen LogP contribution in [0, 0.1) is 5.92 Å². The van der Waals surface area contributed by atoms with Crippen LogP contribution >= 0.6 is 23.4 Å². The second kappa shape index (κ2) is 6.48. The lowest BCUT2D eigenvalue weighted by atomic mass is 10.2. The van der Waals surface area contributed by atoms with Crippen LogP contribution in [0.1, 0.15) is 12.7 Å². The Morgan fingerprint density at radius 3 is 2.84 bits per heavy atom. The van der Waals surface area contributed by atoms with Crippen molar-refractivity contribution in [1.82, 2.24) is 14.5 Å². The Kier molecular flexibility index (Phi) is 4.93. The zero-order valence-electron chi connectivity index (χ0n) is 11.4. The van der Waals surface area contributed by atoms with Crippen molar-refractivity contribution in [3.63, 3.8) is 0 Å². The summed E-state index contributed by atoms with van der Waals surface area (Å²) < 4.78 is 7.29. The minimum Gasteiger partial charge on any atom is -0.481 e. The van der Waals surface area contributed by atoms with E-state index in [9.17, 15) is 0 Å². The lowest BCUT2D eigenvalue weighted by Crippen LogP contribution is -2.12. The van der Waals surface area contributed by atoms with Gasteiger partial charge in [-0.15, -0.1) is 11.6 Å². The summed E-state index contributed by atoms with van der Waals surface area (Å²) in [5, 5.41) is 0. The quantitative estimate of drug-likeness (QED) is 0.768. The smallest absolute Gasteiger partial charge is 0.215 e. The first-order valence-electron chi connectivity index (χ1n) is 6.14. The van der Waals surface area contributed by atoms with Gasteiger partial charge in [0.25, 0.3) is 0 Å². The summed E-state index contributed by atoms with van der Waals surface area (Å²) in [5.74, 6) is 3.51. The summed E-state index contributed by atoms with van der Waals surface area (Å²) in [4.78, 5) is 9.01. The molecule has 4 nitrogen and oxygen atoms in total. The van der Waals surface area contributed by atoms with Crippen LogP contribution in [0.15, 0.2) is 12.1 Å². The number of hydrogen-bond donors (Lipinski definition) is 0. The molecule has 0 saturated carbocycles. The molecule has 0 aliphatic heterocycles. The van der Waals surface area contributed by atoms with Gasteiger partial charge in [0.05, 0.1) is 13.0 Å². The predicted octanol–water partition coefficient (Wildman–Crippen LogP) is 3.18. The van der Waals surface area contributed by atoms with Gasteiger partial charge in [0.1, 0.15) is 11.3 Å². The summed E-state index contributed by atoms with van der Waals surface area (Å²) in [7, 11) is 1.62. The number of hydrogen-bond acceptors (Lipinski definition) is 4. The Morgan fingerprint density at radius 1 is 1.42 bits per heavy atom. The van der Waals surface area contributed by atoms with Gasteiger partial charge in [-0.25, -0.2) is 4.98 Å². The van der Waals surface area contributed by atoms with Crippen LogP contribution in [-0.4, -0.2) is 33.7 Å². The minimum absolute atomic E-state index is 0.394. The summed E-state index contributed by atoms with van der Waals surface area (Å²) in [5.41, 5.74) is 1.72. The van der Waals surface area contributed by atoms with Gasteiger partial charge in [-0.1, -0.05) is 6.92 Å². The Balaban J connectivity index is 2.42. The Labute approximate surface area is 122 Å². The first kappa shape index (κ1) is 14.5. The first-order valence-corrected chi connectivity index (χ1v) is 8.07. The maximum Gasteiger partial charge on any atom is 0.215 e. The number of fused-ring (bicyclic) bond motifs is 1. The monoisotopic (exact) mass is 299 g/mol. The van der Waals surface area contributed by atoms with E-state index in [0.717, 1.165) is 29.3 Å². The fourth-order valence-electron chi connectivity index (χ4n) is 2.09. The number of imidazole rings is 1. The Bertz CT molecular complexity index is 558. The minimum atomic E-state index is 0.394. The number of aromatic nitrogens is 3. The molecule has 2 aromatic heterocycles. The van der Waals surface area contributed by atoms with Crippen molar-refractivity contribution in [1.29, 1.82) is 0 Å². The molecule has 2 heterocycles. The fraction of sp³-hybridized carbons (Fsp3) is 0.538. The van der Waals surface area contributed by atoms with Crippen molar-refractivity contribution >= 4 is 34.5 Å². The molecular formula is C13H18ClN3OS. The second-order valence-electron chi connectivity index (χ2n) is 4.53. The van der Waals surface area contributed by atoms with Crippen molar-refractivity contribution in [3.05, 3.63) is 18.0 Å². The van der Waals surface area contributed by atoms with Crippen LogP contribution in [0.2, 0.25) is 0 Å². The van der Waals surface area contributed by atoms with Gasteiger partial charge in [-0.3, -0.25) is 0 Å². The number of thioether (sulfide) groups is 1. The average Bonchev–Trinajstić information content (AvgIpc) is 2.76. The van der Waals surface area contributed by atoms with Gasteiger partial charge in [-0.05, 0) is 24.0 Å². The van der Waals surface area contributed by atoms with E-state index in [1.807, 2.05) is 23.9 Å². The molecule has 0 spiro atoms. The molecule has 2 aromatic rings. The van der Waals surface area contributed by atoms with E-state index in [4.69, 9.17) is 16.3 Å². The van der Waals surface area contributed by atoms with Crippen molar-refractivity contribution in [2.45, 2.75) is 19.3 Å². The number of halogens is 1. The van der Waals surface area contributed by atoms with E-state index in [2.05, 4.69) is 27.7 Å². The molecule has 6 heteroatoms. The van der Waals surface area contributed by atoms with Crippen molar-refractivity contribution in [2.75, 3.05) is 19.1 Å². The summed E-state index contributed by atoms with van der Waals surface area (Å²) >= 11 is 7.84. The Hall–Kier alpha value is -0.940.